The topological polar surface area (TPSA) is 126 Å². The van der Waals surface area contributed by atoms with E-state index in [0.29, 0.717) is 22.3 Å². The van der Waals surface area contributed by atoms with Gasteiger partial charge in [0.1, 0.15) is 17.2 Å². The number of aromatic amines is 1. The van der Waals surface area contributed by atoms with Crippen LogP contribution in [0.4, 0.5) is 0 Å². The molecule has 0 aliphatic heterocycles. The van der Waals surface area contributed by atoms with E-state index in [4.69, 9.17) is 8.83 Å². The highest BCUT2D eigenvalue weighted by Gasteiger charge is 2.26. The Morgan fingerprint density at radius 1 is 1.05 bits per heavy atom. The maximum absolute atomic E-state index is 13.0. The first-order chi connectivity index (χ1) is 18.0. The maximum atomic E-state index is 13.0. The predicted molar refractivity (Wildman–Crippen MR) is 146 cm³/mol. The van der Waals surface area contributed by atoms with E-state index in [9.17, 15) is 19.5 Å². The molecule has 0 radical (unpaired) electrons. The van der Waals surface area contributed by atoms with E-state index in [-0.39, 0.29) is 23.8 Å². The summed E-state index contributed by atoms with van der Waals surface area (Å²) in [4.78, 5) is 41.1. The van der Waals surface area contributed by atoms with Crippen LogP contribution < -0.4 is 10.9 Å². The fourth-order valence-electron chi connectivity index (χ4n) is 5.11. The quantitative estimate of drug-likeness (QED) is 0.264. The summed E-state index contributed by atoms with van der Waals surface area (Å²) in [6.45, 7) is 9.92. The van der Waals surface area contributed by atoms with Crippen LogP contribution in [0.25, 0.3) is 32.8 Å². The third-order valence-corrected chi connectivity index (χ3v) is 7.22. The lowest BCUT2D eigenvalue weighted by Gasteiger charge is -2.17. The number of amides is 1. The molecule has 1 atom stereocenters. The van der Waals surface area contributed by atoms with Crippen LogP contribution in [-0.4, -0.2) is 28.0 Å². The van der Waals surface area contributed by atoms with Crippen LogP contribution in [0.1, 0.15) is 48.6 Å². The number of aryl methyl sites for hydroxylation is 2. The van der Waals surface area contributed by atoms with Crippen molar-refractivity contribution in [3.05, 3.63) is 81.0 Å². The first-order valence-electron chi connectivity index (χ1n) is 12.5. The number of carboxylic acid groups (broad SMARTS) is 1. The second kappa shape index (κ2) is 9.20. The van der Waals surface area contributed by atoms with Gasteiger partial charge in [-0.05, 0) is 42.5 Å². The molecule has 0 aliphatic rings. The van der Waals surface area contributed by atoms with Gasteiger partial charge in [-0.2, -0.15) is 0 Å². The SMILES string of the molecule is Cc1c(CC(=O)NC(Cc2c[nH]c3ccccc23)C(=O)O)c(=O)oc2c(C)c3occ(C(C)(C)C)c3cc12. The van der Waals surface area contributed by atoms with E-state index in [0.717, 1.165) is 32.8 Å². The van der Waals surface area contributed by atoms with Crippen molar-refractivity contribution in [3.63, 3.8) is 0 Å². The number of nitrogens with one attached hydrogen (secondary N) is 2. The normalized spacial score (nSPS) is 12.9. The molecule has 3 aromatic heterocycles. The molecule has 0 spiro atoms. The van der Waals surface area contributed by atoms with Gasteiger partial charge in [0.05, 0.1) is 18.2 Å². The number of carboxylic acids is 1. The largest absolute Gasteiger partial charge is 0.480 e. The van der Waals surface area contributed by atoms with Crippen molar-refractivity contribution in [2.45, 2.75) is 58.9 Å². The minimum absolute atomic E-state index is 0.101. The van der Waals surface area contributed by atoms with E-state index in [1.165, 1.54) is 0 Å². The van der Waals surface area contributed by atoms with E-state index in [2.05, 4.69) is 31.1 Å². The van der Waals surface area contributed by atoms with Gasteiger partial charge in [-0.3, -0.25) is 4.79 Å². The molecule has 2 aromatic carbocycles. The highest BCUT2D eigenvalue weighted by Crippen LogP contribution is 2.37. The van der Waals surface area contributed by atoms with Gasteiger partial charge in [-0.1, -0.05) is 39.0 Å². The molecule has 3 heterocycles. The molecular weight excluding hydrogens is 484 g/mol. The zero-order chi connectivity index (χ0) is 27.4. The van der Waals surface area contributed by atoms with E-state index >= 15 is 0 Å². The molecule has 0 aliphatic carbocycles. The smallest absolute Gasteiger partial charge is 0.340 e. The highest BCUT2D eigenvalue weighted by molar-refractivity contribution is 6.00. The van der Waals surface area contributed by atoms with Gasteiger partial charge in [0.15, 0.2) is 0 Å². The van der Waals surface area contributed by atoms with Crippen molar-refractivity contribution in [1.29, 1.82) is 0 Å². The van der Waals surface area contributed by atoms with Crippen molar-refractivity contribution < 1.29 is 23.5 Å². The van der Waals surface area contributed by atoms with Crippen LogP contribution in [0.15, 0.2) is 56.4 Å². The fraction of sp³-hybridized carbons (Fsp3) is 0.300. The molecule has 5 rings (SSSR count). The van der Waals surface area contributed by atoms with Gasteiger partial charge in [-0.15, -0.1) is 0 Å². The maximum Gasteiger partial charge on any atom is 0.340 e. The Morgan fingerprint density at radius 3 is 2.50 bits per heavy atom. The lowest BCUT2D eigenvalue weighted by Crippen LogP contribution is -2.43. The van der Waals surface area contributed by atoms with Gasteiger partial charge >= 0.3 is 11.6 Å². The average molecular weight is 515 g/mol. The molecule has 0 saturated carbocycles. The summed E-state index contributed by atoms with van der Waals surface area (Å²) in [7, 11) is 0. The standard InChI is InChI=1S/C30H30N2O6/c1-15-19-11-21-22(30(3,4)5)14-37-26(21)16(2)27(19)38-29(36)20(15)12-25(33)32-24(28(34)35)10-17-13-31-23-9-7-6-8-18(17)23/h6-9,11,13-14,24,31H,10,12H2,1-5H3,(H,32,33)(H,34,35). The predicted octanol–water partition coefficient (Wildman–Crippen LogP) is 5.29. The molecule has 38 heavy (non-hydrogen) atoms. The van der Waals surface area contributed by atoms with E-state index in [1.807, 2.05) is 37.3 Å². The van der Waals surface area contributed by atoms with Crippen LogP contribution >= 0.6 is 0 Å². The summed E-state index contributed by atoms with van der Waals surface area (Å²) >= 11 is 0. The van der Waals surface area contributed by atoms with Crippen LogP contribution in [-0.2, 0) is 27.8 Å². The number of H-pyrrole nitrogens is 1. The summed E-state index contributed by atoms with van der Waals surface area (Å²) in [5.41, 5.74) is 4.54. The summed E-state index contributed by atoms with van der Waals surface area (Å²) in [6.07, 6.45) is 3.29. The van der Waals surface area contributed by atoms with Crippen LogP contribution in [0, 0.1) is 13.8 Å². The molecule has 3 N–H and O–H groups in total. The second-order valence-electron chi connectivity index (χ2n) is 10.8. The molecule has 0 bridgehead atoms. The number of aromatic nitrogens is 1. The van der Waals surface area contributed by atoms with Gasteiger partial charge in [0, 0.05) is 45.4 Å². The highest BCUT2D eigenvalue weighted by atomic mass is 16.4. The first kappa shape index (κ1) is 25.3. The Balaban J connectivity index is 1.47. The zero-order valence-electron chi connectivity index (χ0n) is 22.0. The van der Waals surface area contributed by atoms with Crippen molar-refractivity contribution in [3.8, 4) is 0 Å². The van der Waals surface area contributed by atoms with Crippen molar-refractivity contribution in [2.75, 3.05) is 0 Å². The number of carbonyl (C=O) groups excluding carboxylic acids is 1. The van der Waals surface area contributed by atoms with E-state index < -0.39 is 23.5 Å². The number of hydrogen-bond donors (Lipinski definition) is 3. The Kier molecular flexibility index (Phi) is 6.13. The number of furan rings is 1. The number of fused-ring (bicyclic) bond motifs is 3. The molecule has 8 nitrogen and oxygen atoms in total. The third kappa shape index (κ3) is 4.36. The number of aliphatic carboxylic acids is 1. The zero-order valence-corrected chi connectivity index (χ0v) is 22.0. The Hall–Kier alpha value is -4.33. The summed E-state index contributed by atoms with van der Waals surface area (Å²) in [6, 6.07) is 8.35. The lowest BCUT2D eigenvalue weighted by molar-refractivity contribution is -0.141. The average Bonchev–Trinajstić information content (AvgIpc) is 3.47. The van der Waals surface area contributed by atoms with Gasteiger partial charge in [0.25, 0.3) is 0 Å². The van der Waals surface area contributed by atoms with Crippen molar-refractivity contribution in [1.82, 2.24) is 10.3 Å². The molecule has 5 aromatic rings. The number of carbonyl (C=O) groups is 2. The van der Waals surface area contributed by atoms with Crippen LogP contribution in [0.2, 0.25) is 0 Å². The number of rotatable bonds is 6. The lowest BCUT2D eigenvalue weighted by atomic mass is 9.86. The number of hydrogen-bond acceptors (Lipinski definition) is 5. The molecule has 1 amide bonds. The Morgan fingerprint density at radius 2 is 1.79 bits per heavy atom. The molecule has 8 heteroatoms. The van der Waals surface area contributed by atoms with Gasteiger partial charge < -0.3 is 24.2 Å². The van der Waals surface area contributed by atoms with Crippen LogP contribution in [0.5, 0.6) is 0 Å². The minimum atomic E-state index is -1.16. The minimum Gasteiger partial charge on any atom is -0.480 e. The summed E-state index contributed by atoms with van der Waals surface area (Å²) in [5, 5.41) is 14.9. The molecule has 0 fully saturated rings. The Labute approximate surface area is 218 Å². The molecule has 0 saturated heterocycles. The van der Waals surface area contributed by atoms with Crippen molar-refractivity contribution >= 4 is 44.7 Å². The number of benzene rings is 2. The second-order valence-corrected chi connectivity index (χ2v) is 10.8. The van der Waals surface area contributed by atoms with Gasteiger partial charge in [-0.25, -0.2) is 9.59 Å². The summed E-state index contributed by atoms with van der Waals surface area (Å²) < 4.78 is 11.5. The summed E-state index contributed by atoms with van der Waals surface area (Å²) in [5.74, 6) is -1.72. The third-order valence-electron chi connectivity index (χ3n) is 7.22. The number of para-hydroxylation sites is 1. The fourth-order valence-corrected chi connectivity index (χ4v) is 5.11. The van der Waals surface area contributed by atoms with E-state index in [1.54, 1.807) is 19.4 Å². The molecular formula is C30H30N2O6. The Bertz CT molecular complexity index is 1780. The van der Waals surface area contributed by atoms with Gasteiger partial charge in [0.2, 0.25) is 5.91 Å². The molecule has 196 valence electrons. The van der Waals surface area contributed by atoms with Crippen molar-refractivity contribution in [2.24, 2.45) is 0 Å². The molecule has 1 unspecified atom stereocenters. The monoisotopic (exact) mass is 514 g/mol. The van der Waals surface area contributed by atoms with Crippen LogP contribution in [0.3, 0.4) is 0 Å². The first-order valence-corrected chi connectivity index (χ1v) is 12.5.